The van der Waals surface area contributed by atoms with Crippen LogP contribution < -0.4 is 20.5 Å². The average Bonchev–Trinajstić information content (AvgIpc) is 3.18. The summed E-state index contributed by atoms with van der Waals surface area (Å²) in [4.78, 5) is 11.3. The molecule has 1 unspecified atom stereocenters. The number of carbonyl (C=O) groups is 1. The molecule has 98 valence electrons. The SMILES string of the molecule is COc1ccccc1OCC(NC1CC1)C(N)=O. The largest absolute Gasteiger partial charge is 0.493 e. The molecule has 1 aromatic carbocycles. The highest BCUT2D eigenvalue weighted by Crippen LogP contribution is 2.26. The monoisotopic (exact) mass is 250 g/mol. The fourth-order valence-electron chi connectivity index (χ4n) is 1.66. The van der Waals surface area contributed by atoms with Crippen LogP contribution in [0.15, 0.2) is 24.3 Å². The smallest absolute Gasteiger partial charge is 0.238 e. The van der Waals surface area contributed by atoms with Gasteiger partial charge in [-0.3, -0.25) is 4.79 Å². The van der Waals surface area contributed by atoms with Crippen LogP contribution in [-0.4, -0.2) is 31.7 Å². The number of hydrogen-bond acceptors (Lipinski definition) is 4. The molecule has 1 atom stereocenters. The van der Waals surface area contributed by atoms with Crippen molar-refractivity contribution in [3.05, 3.63) is 24.3 Å². The zero-order valence-electron chi connectivity index (χ0n) is 10.4. The molecular weight excluding hydrogens is 232 g/mol. The van der Waals surface area contributed by atoms with Gasteiger partial charge in [-0.05, 0) is 25.0 Å². The van der Waals surface area contributed by atoms with E-state index in [2.05, 4.69) is 5.32 Å². The lowest BCUT2D eigenvalue weighted by molar-refractivity contribution is -0.120. The number of rotatable bonds is 7. The summed E-state index contributed by atoms with van der Waals surface area (Å²) in [6, 6.07) is 7.27. The van der Waals surface area contributed by atoms with E-state index < -0.39 is 11.9 Å². The van der Waals surface area contributed by atoms with Crippen LogP contribution in [0, 0.1) is 0 Å². The quantitative estimate of drug-likeness (QED) is 0.746. The summed E-state index contributed by atoms with van der Waals surface area (Å²) in [5.41, 5.74) is 5.33. The highest BCUT2D eigenvalue weighted by Gasteiger charge is 2.27. The van der Waals surface area contributed by atoms with Crippen LogP contribution in [0.5, 0.6) is 11.5 Å². The van der Waals surface area contributed by atoms with Gasteiger partial charge in [0, 0.05) is 6.04 Å². The van der Waals surface area contributed by atoms with Crippen molar-refractivity contribution in [3.63, 3.8) is 0 Å². The van der Waals surface area contributed by atoms with Gasteiger partial charge in [0.1, 0.15) is 12.6 Å². The molecule has 1 saturated carbocycles. The Morgan fingerprint density at radius 2 is 2.11 bits per heavy atom. The third-order valence-corrected chi connectivity index (χ3v) is 2.83. The number of nitrogens with one attached hydrogen (secondary N) is 1. The van der Waals surface area contributed by atoms with Crippen molar-refractivity contribution >= 4 is 5.91 Å². The summed E-state index contributed by atoms with van der Waals surface area (Å²) in [6.07, 6.45) is 2.19. The number of ether oxygens (including phenoxy) is 2. The standard InChI is InChI=1S/C13H18N2O3/c1-17-11-4-2-3-5-12(11)18-8-10(13(14)16)15-9-6-7-9/h2-5,9-10,15H,6-8H2,1H3,(H2,14,16). The number of carbonyl (C=O) groups excluding carboxylic acids is 1. The number of methoxy groups -OCH3 is 1. The van der Waals surface area contributed by atoms with E-state index in [1.165, 1.54) is 0 Å². The van der Waals surface area contributed by atoms with E-state index in [4.69, 9.17) is 15.2 Å². The van der Waals surface area contributed by atoms with Crippen LogP contribution >= 0.6 is 0 Å². The molecule has 18 heavy (non-hydrogen) atoms. The van der Waals surface area contributed by atoms with Gasteiger partial charge in [0.15, 0.2) is 11.5 Å². The van der Waals surface area contributed by atoms with Crippen LogP contribution in [0.25, 0.3) is 0 Å². The van der Waals surface area contributed by atoms with Crippen molar-refractivity contribution in [1.29, 1.82) is 0 Å². The van der Waals surface area contributed by atoms with Crippen molar-refractivity contribution in [1.82, 2.24) is 5.32 Å². The molecule has 1 amide bonds. The van der Waals surface area contributed by atoms with E-state index in [-0.39, 0.29) is 6.61 Å². The summed E-state index contributed by atoms with van der Waals surface area (Å²) >= 11 is 0. The van der Waals surface area contributed by atoms with Gasteiger partial charge in [0.25, 0.3) is 0 Å². The Kier molecular flexibility index (Phi) is 4.04. The Labute approximate surface area is 106 Å². The Bertz CT molecular complexity index is 418. The first-order valence-electron chi connectivity index (χ1n) is 6.02. The predicted molar refractivity (Wildman–Crippen MR) is 67.6 cm³/mol. The van der Waals surface area contributed by atoms with Gasteiger partial charge in [0.05, 0.1) is 7.11 Å². The molecule has 0 heterocycles. The van der Waals surface area contributed by atoms with Crippen molar-refractivity contribution < 1.29 is 14.3 Å². The van der Waals surface area contributed by atoms with Crippen molar-refractivity contribution in [3.8, 4) is 11.5 Å². The number of benzene rings is 1. The van der Waals surface area contributed by atoms with Gasteiger partial charge >= 0.3 is 0 Å². The number of nitrogens with two attached hydrogens (primary N) is 1. The molecule has 0 aliphatic heterocycles. The molecular formula is C13H18N2O3. The van der Waals surface area contributed by atoms with E-state index in [0.29, 0.717) is 17.5 Å². The summed E-state index contributed by atoms with van der Waals surface area (Å²) < 4.78 is 10.8. The first-order valence-corrected chi connectivity index (χ1v) is 6.02. The molecule has 5 heteroatoms. The maximum absolute atomic E-state index is 11.3. The van der Waals surface area contributed by atoms with E-state index in [0.717, 1.165) is 12.8 Å². The summed E-state index contributed by atoms with van der Waals surface area (Å²) in [7, 11) is 1.58. The lowest BCUT2D eigenvalue weighted by Gasteiger charge is -2.17. The topological polar surface area (TPSA) is 73.6 Å². The number of primary amides is 1. The van der Waals surface area contributed by atoms with Crippen LogP contribution in [0.3, 0.4) is 0 Å². The molecule has 0 bridgehead atoms. The van der Waals surface area contributed by atoms with E-state index in [9.17, 15) is 4.79 Å². The van der Waals surface area contributed by atoms with Gasteiger partial charge in [-0.15, -0.1) is 0 Å². The fraction of sp³-hybridized carbons (Fsp3) is 0.462. The number of hydrogen-bond donors (Lipinski definition) is 2. The van der Waals surface area contributed by atoms with Gasteiger partial charge in [-0.25, -0.2) is 0 Å². The molecule has 0 radical (unpaired) electrons. The third-order valence-electron chi connectivity index (χ3n) is 2.83. The van der Waals surface area contributed by atoms with E-state index in [1.54, 1.807) is 13.2 Å². The highest BCUT2D eigenvalue weighted by molar-refractivity contribution is 5.80. The zero-order valence-corrected chi connectivity index (χ0v) is 10.4. The summed E-state index contributed by atoms with van der Waals surface area (Å²) in [5, 5.41) is 3.16. The molecule has 2 rings (SSSR count). The average molecular weight is 250 g/mol. The van der Waals surface area contributed by atoms with Crippen LogP contribution in [0.4, 0.5) is 0 Å². The van der Waals surface area contributed by atoms with Crippen molar-refractivity contribution in [2.75, 3.05) is 13.7 Å². The minimum Gasteiger partial charge on any atom is -0.493 e. The van der Waals surface area contributed by atoms with Crippen LogP contribution in [-0.2, 0) is 4.79 Å². The van der Waals surface area contributed by atoms with Crippen LogP contribution in [0.2, 0.25) is 0 Å². The highest BCUT2D eigenvalue weighted by atomic mass is 16.5. The fourth-order valence-corrected chi connectivity index (χ4v) is 1.66. The first kappa shape index (κ1) is 12.7. The maximum atomic E-state index is 11.3. The normalized spacial score (nSPS) is 16.1. The zero-order chi connectivity index (χ0) is 13.0. The van der Waals surface area contributed by atoms with Gasteiger partial charge in [0.2, 0.25) is 5.91 Å². The van der Waals surface area contributed by atoms with Crippen molar-refractivity contribution in [2.45, 2.75) is 24.9 Å². The molecule has 5 nitrogen and oxygen atoms in total. The molecule has 1 aromatic rings. The maximum Gasteiger partial charge on any atom is 0.238 e. The third kappa shape index (κ3) is 3.37. The first-order chi connectivity index (χ1) is 8.70. The van der Waals surface area contributed by atoms with Crippen LogP contribution in [0.1, 0.15) is 12.8 Å². The number of para-hydroxylation sites is 2. The van der Waals surface area contributed by atoms with E-state index >= 15 is 0 Å². The minimum atomic E-state index is -0.456. The number of amides is 1. The molecule has 0 aromatic heterocycles. The minimum absolute atomic E-state index is 0.214. The molecule has 1 fully saturated rings. The Balaban J connectivity index is 1.93. The summed E-state index contributed by atoms with van der Waals surface area (Å²) in [5.74, 6) is 0.868. The Hall–Kier alpha value is -1.75. The van der Waals surface area contributed by atoms with Gasteiger partial charge < -0.3 is 20.5 Å². The van der Waals surface area contributed by atoms with E-state index in [1.807, 2.05) is 18.2 Å². The van der Waals surface area contributed by atoms with Gasteiger partial charge in [-0.1, -0.05) is 12.1 Å². The Morgan fingerprint density at radius 1 is 1.44 bits per heavy atom. The van der Waals surface area contributed by atoms with Gasteiger partial charge in [-0.2, -0.15) is 0 Å². The second kappa shape index (κ2) is 5.73. The predicted octanol–water partition coefficient (Wildman–Crippen LogP) is 0.680. The Morgan fingerprint density at radius 3 is 2.67 bits per heavy atom. The summed E-state index contributed by atoms with van der Waals surface area (Å²) in [6.45, 7) is 0.214. The molecule has 1 aliphatic carbocycles. The van der Waals surface area contributed by atoms with Crippen molar-refractivity contribution in [2.24, 2.45) is 5.73 Å². The molecule has 3 N–H and O–H groups in total. The lowest BCUT2D eigenvalue weighted by Crippen LogP contribution is -2.46. The molecule has 0 saturated heterocycles. The molecule has 0 spiro atoms. The second-order valence-corrected chi connectivity index (χ2v) is 4.36. The molecule has 1 aliphatic rings. The second-order valence-electron chi connectivity index (χ2n) is 4.36. The lowest BCUT2D eigenvalue weighted by atomic mass is 10.3.